The van der Waals surface area contributed by atoms with Gasteiger partial charge in [0.1, 0.15) is 0 Å². The zero-order valence-corrected chi connectivity index (χ0v) is 15.1. The number of nitrogens with one attached hydrogen (secondary N) is 2. The molecule has 0 unspecified atom stereocenters. The van der Waals surface area contributed by atoms with Crippen LogP contribution in [0.3, 0.4) is 0 Å². The van der Waals surface area contributed by atoms with Crippen molar-refractivity contribution >= 4 is 17.3 Å². The van der Waals surface area contributed by atoms with Crippen molar-refractivity contribution in [2.24, 2.45) is 0 Å². The molecule has 0 radical (unpaired) electrons. The van der Waals surface area contributed by atoms with Crippen LogP contribution in [0.15, 0.2) is 54.6 Å². The molecule has 0 heterocycles. The Bertz CT molecular complexity index is 616. The molecule has 2 rings (SSSR count). The van der Waals surface area contributed by atoms with Gasteiger partial charge < -0.3 is 15.4 Å². The van der Waals surface area contributed by atoms with Crippen LogP contribution in [0, 0.1) is 0 Å². The van der Waals surface area contributed by atoms with Gasteiger partial charge in [-0.3, -0.25) is 0 Å². The van der Waals surface area contributed by atoms with Crippen molar-refractivity contribution in [3.05, 3.63) is 71.3 Å². The maximum absolute atomic E-state index is 5.79. The van der Waals surface area contributed by atoms with Crippen LogP contribution in [-0.4, -0.2) is 11.7 Å². The summed E-state index contributed by atoms with van der Waals surface area (Å²) < 4.78 is 5.79. The second-order valence-corrected chi connectivity index (χ2v) is 6.17. The molecular formula is C20H26N2OS. The summed E-state index contributed by atoms with van der Waals surface area (Å²) in [7, 11) is 0. The van der Waals surface area contributed by atoms with Gasteiger partial charge in [0, 0.05) is 13.1 Å². The summed E-state index contributed by atoms with van der Waals surface area (Å²) in [4.78, 5) is 0. The first-order valence-electron chi connectivity index (χ1n) is 8.49. The normalized spacial score (nSPS) is 10.4. The lowest BCUT2D eigenvalue weighted by atomic mass is 10.1. The quantitative estimate of drug-likeness (QED) is 0.529. The third-order valence-electron chi connectivity index (χ3n) is 3.64. The van der Waals surface area contributed by atoms with Crippen molar-refractivity contribution in [2.45, 2.75) is 39.5 Å². The van der Waals surface area contributed by atoms with Crippen LogP contribution in [0.1, 0.15) is 36.5 Å². The summed E-state index contributed by atoms with van der Waals surface area (Å²) in [6.45, 7) is 5.07. The van der Waals surface area contributed by atoms with E-state index in [4.69, 9.17) is 17.0 Å². The molecule has 4 heteroatoms. The van der Waals surface area contributed by atoms with Crippen LogP contribution in [0.4, 0.5) is 0 Å². The van der Waals surface area contributed by atoms with Gasteiger partial charge in [-0.15, -0.1) is 0 Å². The minimum Gasteiger partial charge on any atom is -0.372 e. The van der Waals surface area contributed by atoms with E-state index in [0.29, 0.717) is 18.3 Å². The zero-order chi connectivity index (χ0) is 17.0. The van der Waals surface area contributed by atoms with Crippen LogP contribution in [0.2, 0.25) is 0 Å². The molecule has 128 valence electrons. The summed E-state index contributed by atoms with van der Waals surface area (Å²) in [5.41, 5.74) is 3.57. The highest BCUT2D eigenvalue weighted by molar-refractivity contribution is 7.80. The Kier molecular flexibility index (Phi) is 8.28. The third-order valence-corrected chi connectivity index (χ3v) is 3.93. The molecule has 0 aromatic heterocycles. The highest BCUT2D eigenvalue weighted by Crippen LogP contribution is 2.09. The Morgan fingerprint density at radius 3 is 2.42 bits per heavy atom. The standard InChI is InChI=1S/C20H26N2OS/c1-2-3-12-21-20(24)22-14-18-10-7-11-19(13-18)16-23-15-17-8-5-4-6-9-17/h4-11,13H,2-3,12,14-16H2,1H3,(H2,21,22,24). The lowest BCUT2D eigenvalue weighted by Gasteiger charge is -2.11. The minimum atomic E-state index is 0.613. The third kappa shape index (κ3) is 7.11. The lowest BCUT2D eigenvalue weighted by molar-refractivity contribution is 0.107. The predicted octanol–water partition coefficient (Wildman–Crippen LogP) is 4.17. The molecule has 0 saturated heterocycles. The summed E-state index contributed by atoms with van der Waals surface area (Å²) in [6, 6.07) is 18.6. The molecule has 0 aliphatic rings. The van der Waals surface area contributed by atoms with E-state index in [1.54, 1.807) is 0 Å². The largest absolute Gasteiger partial charge is 0.372 e. The molecule has 0 bridgehead atoms. The van der Waals surface area contributed by atoms with Crippen LogP contribution in [0.5, 0.6) is 0 Å². The molecule has 24 heavy (non-hydrogen) atoms. The van der Waals surface area contributed by atoms with E-state index >= 15 is 0 Å². The second kappa shape index (κ2) is 10.8. The Morgan fingerprint density at radius 1 is 0.917 bits per heavy atom. The number of hydrogen-bond acceptors (Lipinski definition) is 2. The van der Waals surface area contributed by atoms with Crippen LogP contribution < -0.4 is 10.6 Å². The number of ether oxygens (including phenoxy) is 1. The van der Waals surface area contributed by atoms with E-state index in [9.17, 15) is 0 Å². The molecule has 3 nitrogen and oxygen atoms in total. The Hall–Kier alpha value is -1.91. The molecule has 0 saturated carbocycles. The van der Waals surface area contributed by atoms with Gasteiger partial charge in [0.05, 0.1) is 13.2 Å². The SMILES string of the molecule is CCCCNC(=S)NCc1cccc(COCc2ccccc2)c1. The van der Waals surface area contributed by atoms with E-state index in [1.807, 2.05) is 18.2 Å². The maximum atomic E-state index is 5.79. The highest BCUT2D eigenvalue weighted by atomic mass is 32.1. The maximum Gasteiger partial charge on any atom is 0.166 e. The van der Waals surface area contributed by atoms with Gasteiger partial charge in [0.2, 0.25) is 0 Å². The number of hydrogen-bond donors (Lipinski definition) is 2. The van der Waals surface area contributed by atoms with Gasteiger partial charge >= 0.3 is 0 Å². The van der Waals surface area contributed by atoms with Crippen molar-refractivity contribution in [1.29, 1.82) is 0 Å². The first kappa shape index (κ1) is 18.4. The van der Waals surface area contributed by atoms with E-state index in [-0.39, 0.29) is 0 Å². The van der Waals surface area contributed by atoms with Gasteiger partial charge in [-0.25, -0.2) is 0 Å². The average Bonchev–Trinajstić information content (AvgIpc) is 2.62. The summed E-state index contributed by atoms with van der Waals surface area (Å²) >= 11 is 5.28. The van der Waals surface area contributed by atoms with Gasteiger partial charge in [-0.05, 0) is 35.3 Å². The molecule has 0 aliphatic heterocycles. The second-order valence-electron chi connectivity index (χ2n) is 5.76. The van der Waals surface area contributed by atoms with Gasteiger partial charge in [-0.2, -0.15) is 0 Å². The average molecular weight is 343 g/mol. The van der Waals surface area contributed by atoms with Gasteiger partial charge in [-0.1, -0.05) is 67.9 Å². The fourth-order valence-corrected chi connectivity index (χ4v) is 2.49. The van der Waals surface area contributed by atoms with Crippen molar-refractivity contribution in [2.75, 3.05) is 6.54 Å². The fourth-order valence-electron chi connectivity index (χ4n) is 2.31. The summed E-state index contributed by atoms with van der Waals surface area (Å²) in [5, 5.41) is 7.18. The molecule has 2 N–H and O–H groups in total. The van der Waals surface area contributed by atoms with Crippen LogP contribution in [-0.2, 0) is 24.5 Å². The van der Waals surface area contributed by atoms with E-state index in [2.05, 4.69) is 54.0 Å². The molecule has 2 aromatic rings. The molecule has 0 amide bonds. The molecule has 2 aromatic carbocycles. The minimum absolute atomic E-state index is 0.613. The Morgan fingerprint density at radius 2 is 1.62 bits per heavy atom. The highest BCUT2D eigenvalue weighted by Gasteiger charge is 1.99. The monoisotopic (exact) mass is 342 g/mol. The number of benzene rings is 2. The van der Waals surface area contributed by atoms with Crippen molar-refractivity contribution in [1.82, 2.24) is 10.6 Å². The number of thiocarbonyl (C=S) groups is 1. The molecule has 0 aliphatic carbocycles. The Balaban J connectivity index is 1.73. The summed E-state index contributed by atoms with van der Waals surface area (Å²) in [5.74, 6) is 0. The van der Waals surface area contributed by atoms with Crippen LogP contribution in [0.25, 0.3) is 0 Å². The first-order chi connectivity index (χ1) is 11.8. The smallest absolute Gasteiger partial charge is 0.166 e. The lowest BCUT2D eigenvalue weighted by Crippen LogP contribution is -2.35. The molecule has 0 atom stereocenters. The van der Waals surface area contributed by atoms with Crippen molar-refractivity contribution in [3.63, 3.8) is 0 Å². The first-order valence-corrected chi connectivity index (χ1v) is 8.90. The zero-order valence-electron chi connectivity index (χ0n) is 14.3. The molecule has 0 fully saturated rings. The topological polar surface area (TPSA) is 33.3 Å². The van der Waals surface area contributed by atoms with E-state index < -0.39 is 0 Å². The van der Waals surface area contributed by atoms with Crippen molar-refractivity contribution < 1.29 is 4.74 Å². The van der Waals surface area contributed by atoms with Crippen LogP contribution >= 0.6 is 12.2 Å². The molecule has 0 spiro atoms. The number of unbranched alkanes of at least 4 members (excludes halogenated alkanes) is 1. The number of rotatable bonds is 9. The fraction of sp³-hybridized carbons (Fsp3) is 0.350. The van der Waals surface area contributed by atoms with Gasteiger partial charge in [0.25, 0.3) is 0 Å². The van der Waals surface area contributed by atoms with Gasteiger partial charge in [0.15, 0.2) is 5.11 Å². The molecular weight excluding hydrogens is 316 g/mol. The van der Waals surface area contributed by atoms with E-state index in [1.165, 1.54) is 23.1 Å². The summed E-state index contributed by atoms with van der Waals surface area (Å²) in [6.07, 6.45) is 2.30. The van der Waals surface area contributed by atoms with E-state index in [0.717, 1.165) is 19.5 Å². The van der Waals surface area contributed by atoms with Crippen molar-refractivity contribution in [3.8, 4) is 0 Å². The predicted molar refractivity (Wildman–Crippen MR) is 104 cm³/mol. The Labute approximate surface area is 150 Å².